The topological polar surface area (TPSA) is 26.3 Å². The van der Waals surface area contributed by atoms with Crippen molar-refractivity contribution in [2.45, 2.75) is 52.4 Å². The van der Waals surface area contributed by atoms with Gasteiger partial charge in [0.25, 0.3) is 0 Å². The van der Waals surface area contributed by atoms with Gasteiger partial charge in [0, 0.05) is 0 Å². The third-order valence-electron chi connectivity index (χ3n) is 3.09. The highest BCUT2D eigenvalue weighted by Gasteiger charge is 2.19. The van der Waals surface area contributed by atoms with E-state index in [0.29, 0.717) is 5.75 Å². The molecule has 0 N–H and O–H groups in total. The zero-order chi connectivity index (χ0) is 13.2. The number of hydrogen-bond donors (Lipinski definition) is 0. The second-order valence-corrected chi connectivity index (χ2v) is 4.72. The third-order valence-corrected chi connectivity index (χ3v) is 3.09. The van der Waals surface area contributed by atoms with Gasteiger partial charge in [-0.25, -0.2) is 0 Å². The van der Waals surface area contributed by atoms with Gasteiger partial charge in [-0.05, 0) is 25.0 Å². The first-order chi connectivity index (χ1) is 8.77. The second kappa shape index (κ2) is 8.73. The molecule has 1 atom stereocenters. The quantitative estimate of drug-likeness (QED) is 0.382. The fourth-order valence-electron chi connectivity index (χ4n) is 2.06. The molecule has 18 heavy (non-hydrogen) atoms. The molecule has 0 fully saturated rings. The van der Waals surface area contributed by atoms with E-state index >= 15 is 0 Å². The summed E-state index contributed by atoms with van der Waals surface area (Å²) >= 11 is 0. The average Bonchev–Trinajstić information content (AvgIpc) is 2.39. The van der Waals surface area contributed by atoms with E-state index in [-0.39, 0.29) is 11.9 Å². The van der Waals surface area contributed by atoms with E-state index in [1.807, 2.05) is 30.3 Å². The van der Waals surface area contributed by atoms with Crippen molar-refractivity contribution in [1.29, 1.82) is 0 Å². The van der Waals surface area contributed by atoms with Crippen molar-refractivity contribution in [3.05, 3.63) is 30.3 Å². The Labute approximate surface area is 110 Å². The number of esters is 1. The van der Waals surface area contributed by atoms with Crippen LogP contribution in [0.25, 0.3) is 0 Å². The summed E-state index contributed by atoms with van der Waals surface area (Å²) in [6, 6.07) is 9.34. The number of hydrogen-bond acceptors (Lipinski definition) is 2. The summed E-state index contributed by atoms with van der Waals surface area (Å²) in [7, 11) is 0. The molecule has 2 nitrogen and oxygen atoms in total. The highest BCUT2D eigenvalue weighted by Crippen LogP contribution is 2.19. The third kappa shape index (κ3) is 5.35. The SMILES string of the molecule is CCCCCC(CCC)C(=O)Oc1ccccc1. The summed E-state index contributed by atoms with van der Waals surface area (Å²) in [4.78, 5) is 12.1. The number of carbonyl (C=O) groups excluding carboxylic acids is 1. The largest absolute Gasteiger partial charge is 0.426 e. The lowest BCUT2D eigenvalue weighted by Crippen LogP contribution is -2.20. The van der Waals surface area contributed by atoms with E-state index in [2.05, 4.69) is 13.8 Å². The number of ether oxygens (including phenoxy) is 1. The van der Waals surface area contributed by atoms with Crippen LogP contribution in [0.2, 0.25) is 0 Å². The molecule has 0 amide bonds. The van der Waals surface area contributed by atoms with Crippen LogP contribution in [-0.4, -0.2) is 5.97 Å². The molecule has 1 aromatic rings. The molecule has 100 valence electrons. The van der Waals surface area contributed by atoms with Crippen LogP contribution in [0.3, 0.4) is 0 Å². The number of rotatable bonds is 8. The maximum atomic E-state index is 12.1. The molecular formula is C16H24O2. The van der Waals surface area contributed by atoms with Gasteiger partial charge in [-0.15, -0.1) is 0 Å². The van der Waals surface area contributed by atoms with Crippen molar-refractivity contribution in [3.8, 4) is 5.75 Å². The van der Waals surface area contributed by atoms with Crippen LogP contribution >= 0.6 is 0 Å². The van der Waals surface area contributed by atoms with Crippen LogP contribution in [0.1, 0.15) is 52.4 Å². The second-order valence-electron chi connectivity index (χ2n) is 4.72. The molecule has 0 spiro atoms. The lowest BCUT2D eigenvalue weighted by atomic mass is 9.97. The summed E-state index contributed by atoms with van der Waals surface area (Å²) < 4.78 is 5.42. The van der Waals surface area contributed by atoms with E-state index in [4.69, 9.17) is 4.74 Å². The van der Waals surface area contributed by atoms with Crippen molar-refractivity contribution in [1.82, 2.24) is 0 Å². The first kappa shape index (κ1) is 14.7. The van der Waals surface area contributed by atoms with Gasteiger partial charge in [0.1, 0.15) is 5.75 Å². The first-order valence-corrected chi connectivity index (χ1v) is 7.04. The zero-order valence-corrected chi connectivity index (χ0v) is 11.5. The van der Waals surface area contributed by atoms with E-state index in [0.717, 1.165) is 25.7 Å². The van der Waals surface area contributed by atoms with E-state index < -0.39 is 0 Å². The Kier molecular flexibility index (Phi) is 7.16. The molecule has 0 bridgehead atoms. The van der Waals surface area contributed by atoms with Crippen molar-refractivity contribution in [3.63, 3.8) is 0 Å². The lowest BCUT2D eigenvalue weighted by molar-refractivity contribution is -0.139. The molecule has 1 aromatic carbocycles. The van der Waals surface area contributed by atoms with Gasteiger partial charge in [-0.1, -0.05) is 57.7 Å². The predicted molar refractivity (Wildman–Crippen MR) is 74.6 cm³/mol. The van der Waals surface area contributed by atoms with Crippen LogP contribution in [0.15, 0.2) is 30.3 Å². The van der Waals surface area contributed by atoms with E-state index in [9.17, 15) is 4.79 Å². The molecule has 0 aliphatic heterocycles. The van der Waals surface area contributed by atoms with Crippen molar-refractivity contribution < 1.29 is 9.53 Å². The smallest absolute Gasteiger partial charge is 0.314 e. The molecule has 0 heterocycles. The molecule has 0 saturated heterocycles. The van der Waals surface area contributed by atoms with Gasteiger partial charge in [-0.2, -0.15) is 0 Å². The van der Waals surface area contributed by atoms with Crippen LogP contribution in [-0.2, 0) is 4.79 Å². The number of carbonyl (C=O) groups is 1. The fraction of sp³-hybridized carbons (Fsp3) is 0.562. The molecule has 0 saturated carbocycles. The molecular weight excluding hydrogens is 224 g/mol. The van der Waals surface area contributed by atoms with Gasteiger partial charge in [0.2, 0.25) is 0 Å². The van der Waals surface area contributed by atoms with Crippen molar-refractivity contribution in [2.24, 2.45) is 5.92 Å². The fourth-order valence-corrected chi connectivity index (χ4v) is 2.06. The molecule has 2 heteroatoms. The number of para-hydroxylation sites is 1. The molecule has 0 aromatic heterocycles. The minimum absolute atomic E-state index is 0.0572. The van der Waals surface area contributed by atoms with Crippen molar-refractivity contribution >= 4 is 5.97 Å². The Morgan fingerprint density at radius 2 is 1.78 bits per heavy atom. The minimum atomic E-state index is -0.0702. The summed E-state index contributed by atoms with van der Waals surface area (Å²) in [6.07, 6.45) is 6.40. The summed E-state index contributed by atoms with van der Waals surface area (Å²) in [6.45, 7) is 4.29. The van der Waals surface area contributed by atoms with E-state index in [1.165, 1.54) is 12.8 Å². The van der Waals surface area contributed by atoms with Gasteiger partial charge in [0.15, 0.2) is 0 Å². The van der Waals surface area contributed by atoms with Gasteiger partial charge < -0.3 is 4.74 Å². The lowest BCUT2D eigenvalue weighted by Gasteiger charge is -2.14. The monoisotopic (exact) mass is 248 g/mol. The predicted octanol–water partition coefficient (Wildman–Crippen LogP) is 4.59. The molecule has 0 radical (unpaired) electrons. The normalized spacial score (nSPS) is 12.1. The maximum Gasteiger partial charge on any atom is 0.314 e. The Balaban J connectivity index is 2.48. The summed E-state index contributed by atoms with van der Waals surface area (Å²) in [5.74, 6) is 0.639. The molecule has 0 aliphatic rings. The molecule has 1 rings (SSSR count). The average molecular weight is 248 g/mol. The summed E-state index contributed by atoms with van der Waals surface area (Å²) in [5.41, 5.74) is 0. The van der Waals surface area contributed by atoms with Gasteiger partial charge in [0.05, 0.1) is 5.92 Å². The highest BCUT2D eigenvalue weighted by molar-refractivity contribution is 5.75. The number of benzene rings is 1. The van der Waals surface area contributed by atoms with Crippen LogP contribution in [0.5, 0.6) is 5.75 Å². The van der Waals surface area contributed by atoms with Crippen molar-refractivity contribution in [2.75, 3.05) is 0 Å². The number of unbranched alkanes of at least 4 members (excludes halogenated alkanes) is 2. The Bertz CT molecular complexity index is 332. The van der Waals surface area contributed by atoms with Gasteiger partial charge in [-0.3, -0.25) is 4.79 Å². The Morgan fingerprint density at radius 3 is 2.39 bits per heavy atom. The maximum absolute atomic E-state index is 12.1. The zero-order valence-electron chi connectivity index (χ0n) is 11.5. The Hall–Kier alpha value is -1.31. The first-order valence-electron chi connectivity index (χ1n) is 7.04. The van der Waals surface area contributed by atoms with Crippen LogP contribution in [0.4, 0.5) is 0 Å². The molecule has 0 aliphatic carbocycles. The Morgan fingerprint density at radius 1 is 1.06 bits per heavy atom. The molecule has 1 unspecified atom stereocenters. The van der Waals surface area contributed by atoms with Crippen LogP contribution in [0, 0.1) is 5.92 Å². The van der Waals surface area contributed by atoms with Crippen LogP contribution < -0.4 is 4.74 Å². The summed E-state index contributed by atoms with van der Waals surface area (Å²) in [5, 5.41) is 0. The van der Waals surface area contributed by atoms with E-state index in [1.54, 1.807) is 0 Å². The standard InChI is InChI=1S/C16H24O2/c1-3-5-7-11-14(10-4-2)16(17)18-15-12-8-6-9-13-15/h6,8-9,12-14H,3-5,7,10-11H2,1-2H3. The highest BCUT2D eigenvalue weighted by atomic mass is 16.5. The van der Waals surface area contributed by atoms with Gasteiger partial charge >= 0.3 is 5.97 Å². The minimum Gasteiger partial charge on any atom is -0.426 e.